The van der Waals surface area contributed by atoms with Crippen LogP contribution >= 0.6 is 17.6 Å². The van der Waals surface area contributed by atoms with E-state index in [0.717, 1.165) is 39.9 Å². The van der Waals surface area contributed by atoms with E-state index in [4.69, 9.17) is 23.3 Å². The van der Waals surface area contributed by atoms with Crippen molar-refractivity contribution in [1.29, 1.82) is 0 Å². The molecule has 3 rings (SSSR count). The molecule has 49 heavy (non-hydrogen) atoms. The zero-order valence-electron chi connectivity index (χ0n) is 31.9. The summed E-state index contributed by atoms with van der Waals surface area (Å²) in [6.07, 6.45) is 7.49. The highest BCUT2D eigenvalue weighted by Crippen LogP contribution is 2.50. The summed E-state index contributed by atoms with van der Waals surface area (Å²) in [6, 6.07) is 20.9. The van der Waals surface area contributed by atoms with Gasteiger partial charge in [0.15, 0.2) is 5.34 Å². The summed E-state index contributed by atoms with van der Waals surface area (Å²) in [4.78, 5) is 0. The molecule has 3 atom stereocenters. The first-order valence-electron chi connectivity index (χ1n) is 16.7. The van der Waals surface area contributed by atoms with Crippen LogP contribution in [-0.4, -0.2) is 30.3 Å². The van der Waals surface area contributed by atoms with Crippen molar-refractivity contribution < 1.29 is 28.4 Å². The first-order valence-corrected chi connectivity index (χ1v) is 18.6. The molecular weight excluding hydrogens is 650 g/mol. The van der Waals surface area contributed by atoms with Gasteiger partial charge < -0.3 is 28.4 Å². The molecular formula is C41H60O6P2. The van der Waals surface area contributed by atoms with E-state index in [1.165, 1.54) is 0 Å². The number of allylic oxidation sites excluding steroid dienone is 4. The number of methoxy groups -OCH3 is 2. The molecule has 8 heteroatoms. The molecule has 0 spiro atoms. The van der Waals surface area contributed by atoms with E-state index >= 15 is 0 Å². The molecule has 0 bridgehead atoms. The van der Waals surface area contributed by atoms with Gasteiger partial charge in [0.1, 0.15) is 43.3 Å². The van der Waals surface area contributed by atoms with Gasteiger partial charge in [-0.3, -0.25) is 0 Å². The highest BCUT2D eigenvalue weighted by atomic mass is 31.1. The van der Waals surface area contributed by atoms with Gasteiger partial charge in [-0.2, -0.15) is 0 Å². The maximum absolute atomic E-state index is 9.61. The molecule has 0 saturated carbocycles. The molecule has 3 aromatic carbocycles. The molecule has 0 aliphatic carbocycles. The van der Waals surface area contributed by atoms with Crippen molar-refractivity contribution in [3.8, 4) is 28.7 Å². The molecule has 0 aliphatic rings. The normalized spacial score (nSPS) is 13.4. The lowest BCUT2D eigenvalue weighted by atomic mass is 9.86. The summed E-state index contributed by atoms with van der Waals surface area (Å²) in [5.41, 5.74) is 2.02. The lowest BCUT2D eigenvalue weighted by Crippen LogP contribution is -2.41. The summed E-state index contributed by atoms with van der Waals surface area (Å²) in [6.45, 7) is 26.8. The predicted molar refractivity (Wildman–Crippen MR) is 213 cm³/mol. The Hall–Kier alpha value is -3.46. The third kappa shape index (κ3) is 14.5. The summed E-state index contributed by atoms with van der Waals surface area (Å²) < 4.78 is 29.5. The van der Waals surface area contributed by atoms with Crippen LogP contribution in [0.1, 0.15) is 87.3 Å². The van der Waals surface area contributed by atoms with Gasteiger partial charge in [-0.15, -0.1) is 0 Å². The lowest BCUT2D eigenvalue weighted by molar-refractivity contribution is 0.0597. The molecule has 3 aromatic rings. The fourth-order valence-corrected chi connectivity index (χ4v) is 5.43. The third-order valence-electron chi connectivity index (χ3n) is 7.23. The molecule has 3 unspecified atom stereocenters. The fourth-order valence-electron chi connectivity index (χ4n) is 3.94. The number of hydrogen-bond donors (Lipinski definition) is 1. The number of benzene rings is 3. The van der Waals surface area contributed by atoms with Crippen molar-refractivity contribution in [3.05, 3.63) is 109 Å². The molecule has 0 heterocycles. The molecule has 0 saturated heterocycles. The quantitative estimate of drug-likeness (QED) is 0.108. The Morgan fingerprint density at radius 3 is 1.90 bits per heavy atom. The topological polar surface area (TPSA) is 66.4 Å². The van der Waals surface area contributed by atoms with E-state index in [1.54, 1.807) is 32.4 Å². The monoisotopic (exact) mass is 710 g/mol. The number of phenolic OH excluding ortho intramolecular Hbond substituents is 1. The van der Waals surface area contributed by atoms with E-state index in [1.807, 2.05) is 86.7 Å². The van der Waals surface area contributed by atoms with Crippen molar-refractivity contribution >= 4 is 23.4 Å². The largest absolute Gasteiger partial charge is 0.508 e. The van der Waals surface area contributed by atoms with Crippen molar-refractivity contribution in [2.24, 2.45) is 5.41 Å². The number of para-hydroxylation sites is 1. The highest BCUT2D eigenvalue weighted by molar-refractivity contribution is 7.34. The lowest BCUT2D eigenvalue weighted by Gasteiger charge is -2.41. The Morgan fingerprint density at radius 1 is 0.796 bits per heavy atom. The number of ether oxygens (including phenoxy) is 3. The van der Waals surface area contributed by atoms with Crippen LogP contribution in [0.5, 0.6) is 28.7 Å². The SMILES string of the molecule is C=C/C=C\C=C(/OPC(C)(Oc1ccc(OC)cc1)C(C)(C)C)c1ccccc1OPC(C)C.CC.COc1ccc(O)c(C(C)(C)C)c1. The average molecular weight is 711 g/mol. The van der Waals surface area contributed by atoms with Gasteiger partial charge in [0.05, 0.1) is 28.6 Å². The minimum atomic E-state index is -0.585. The van der Waals surface area contributed by atoms with E-state index in [-0.39, 0.29) is 19.6 Å². The molecule has 0 radical (unpaired) electrons. The summed E-state index contributed by atoms with van der Waals surface area (Å²) >= 11 is 0. The number of hydrogen-bond acceptors (Lipinski definition) is 6. The van der Waals surface area contributed by atoms with Gasteiger partial charge in [0.2, 0.25) is 0 Å². The summed E-state index contributed by atoms with van der Waals surface area (Å²) in [5.74, 6) is 4.21. The smallest absolute Gasteiger partial charge is 0.162 e. The first kappa shape index (κ1) is 43.6. The van der Waals surface area contributed by atoms with Crippen molar-refractivity contribution in [1.82, 2.24) is 0 Å². The Labute approximate surface area is 300 Å². The zero-order valence-corrected chi connectivity index (χ0v) is 33.9. The molecule has 1 N–H and O–H groups in total. The standard InChI is InChI=1S/C28H38O4P2.C11H16O2.C2H6/c1-9-10-11-15-26(24-14-12-13-16-25(24)31-33-21(2)3)32-34-28(7,27(4,5)6)30-23-19-17-22(29-8)18-20-23;1-11(2,3)9-7-8(13-4)5-6-10(9)12;1-2/h9-21,33-34H,1H2,2-8H3;5-7,12H,1-4H3;1-2H3/b11-10-,26-15-;;. The average Bonchev–Trinajstić information content (AvgIpc) is 3.06. The minimum Gasteiger partial charge on any atom is -0.508 e. The van der Waals surface area contributed by atoms with Gasteiger partial charge in [-0.1, -0.05) is 106 Å². The number of rotatable bonds is 13. The van der Waals surface area contributed by atoms with E-state index < -0.39 is 5.34 Å². The van der Waals surface area contributed by atoms with Gasteiger partial charge in [-0.25, -0.2) is 0 Å². The Kier molecular flexibility index (Phi) is 18.6. The number of aromatic hydroxyl groups is 1. The van der Waals surface area contributed by atoms with E-state index in [0.29, 0.717) is 20.2 Å². The fraction of sp³-hybridized carbons (Fsp3) is 0.415. The van der Waals surface area contributed by atoms with Crippen LogP contribution in [0.25, 0.3) is 5.76 Å². The van der Waals surface area contributed by atoms with Crippen LogP contribution in [-0.2, 0) is 9.94 Å². The second kappa shape index (κ2) is 20.9. The van der Waals surface area contributed by atoms with Crippen LogP contribution in [0.2, 0.25) is 0 Å². The van der Waals surface area contributed by atoms with Crippen molar-refractivity contribution in [2.45, 2.75) is 92.6 Å². The molecule has 0 aliphatic heterocycles. The minimum absolute atomic E-state index is 0.0275. The van der Waals surface area contributed by atoms with E-state index in [9.17, 15) is 5.11 Å². The third-order valence-corrected chi connectivity index (χ3v) is 9.60. The van der Waals surface area contributed by atoms with Crippen LogP contribution in [0.4, 0.5) is 0 Å². The maximum atomic E-state index is 9.61. The van der Waals surface area contributed by atoms with Gasteiger partial charge in [0.25, 0.3) is 0 Å². The molecule has 0 fully saturated rings. The van der Waals surface area contributed by atoms with Crippen LogP contribution in [0, 0.1) is 5.41 Å². The molecule has 0 aromatic heterocycles. The molecule has 0 amide bonds. The Bertz CT molecular complexity index is 1470. The van der Waals surface area contributed by atoms with Crippen LogP contribution in [0.15, 0.2) is 97.6 Å². The molecule has 6 nitrogen and oxygen atoms in total. The van der Waals surface area contributed by atoms with Gasteiger partial charge >= 0.3 is 0 Å². The van der Waals surface area contributed by atoms with Gasteiger partial charge in [0, 0.05) is 16.6 Å². The summed E-state index contributed by atoms with van der Waals surface area (Å²) in [5, 5.41) is 9.03. The van der Waals surface area contributed by atoms with Crippen LogP contribution < -0.4 is 18.7 Å². The predicted octanol–water partition coefficient (Wildman–Crippen LogP) is 12.3. The Morgan fingerprint density at radius 2 is 1.37 bits per heavy atom. The van der Waals surface area contributed by atoms with Crippen LogP contribution in [0.3, 0.4) is 0 Å². The highest BCUT2D eigenvalue weighted by Gasteiger charge is 2.42. The maximum Gasteiger partial charge on any atom is 0.162 e. The second-order valence-electron chi connectivity index (χ2n) is 13.4. The second-order valence-corrected chi connectivity index (χ2v) is 16.4. The first-order chi connectivity index (χ1) is 23.0. The Balaban J connectivity index is 0.000000665. The van der Waals surface area contributed by atoms with Crippen molar-refractivity contribution in [3.63, 3.8) is 0 Å². The number of phenols is 1. The zero-order chi connectivity index (χ0) is 37.3. The summed E-state index contributed by atoms with van der Waals surface area (Å²) in [7, 11) is 3.68. The molecule has 270 valence electrons. The van der Waals surface area contributed by atoms with Gasteiger partial charge in [-0.05, 0) is 73.0 Å². The van der Waals surface area contributed by atoms with Crippen molar-refractivity contribution in [2.75, 3.05) is 14.2 Å². The van der Waals surface area contributed by atoms with E-state index in [2.05, 4.69) is 68.9 Å².